The largest absolute Gasteiger partial charge is 0.361 e. The molecule has 0 fully saturated rings. The predicted octanol–water partition coefficient (Wildman–Crippen LogP) is 4.88. The molecule has 0 saturated carbocycles. The van der Waals surface area contributed by atoms with Crippen molar-refractivity contribution < 1.29 is 9.32 Å². The lowest BCUT2D eigenvalue weighted by molar-refractivity contribution is 0.102. The fraction of sp³-hybridized carbons (Fsp3) is 0.167. The Labute approximate surface area is 154 Å². The van der Waals surface area contributed by atoms with Crippen molar-refractivity contribution in [3.05, 3.63) is 70.2 Å². The number of benzene rings is 1. The molecule has 0 spiro atoms. The molecule has 5 nitrogen and oxygen atoms in total. The van der Waals surface area contributed by atoms with Crippen molar-refractivity contribution in [2.45, 2.75) is 24.6 Å². The van der Waals surface area contributed by atoms with Gasteiger partial charge in [-0.1, -0.05) is 28.5 Å². The second-order valence-electron chi connectivity index (χ2n) is 5.49. The van der Waals surface area contributed by atoms with Gasteiger partial charge in [0.15, 0.2) is 0 Å². The van der Waals surface area contributed by atoms with Crippen LogP contribution in [0.15, 0.2) is 52.1 Å². The molecule has 1 aromatic carbocycles. The standard InChI is InChI=1S/C18H16ClN3O2S/c1-11-8-13(19)5-6-16(11)21-17(23)15-4-3-7-20-18(15)25-10-14-9-12(2)24-22-14/h3-9H,10H2,1-2H3,(H,21,23). The van der Waals surface area contributed by atoms with Gasteiger partial charge < -0.3 is 9.84 Å². The summed E-state index contributed by atoms with van der Waals surface area (Å²) in [5.41, 5.74) is 2.95. The number of carbonyl (C=O) groups is 1. The summed E-state index contributed by atoms with van der Waals surface area (Å²) in [6, 6.07) is 10.7. The van der Waals surface area contributed by atoms with Gasteiger partial charge in [-0.15, -0.1) is 0 Å². The summed E-state index contributed by atoms with van der Waals surface area (Å²) in [5.74, 6) is 1.12. The van der Waals surface area contributed by atoms with E-state index >= 15 is 0 Å². The molecule has 1 N–H and O–H groups in total. The number of carbonyl (C=O) groups excluding carboxylic acids is 1. The number of aromatic nitrogens is 2. The molecular weight excluding hydrogens is 358 g/mol. The van der Waals surface area contributed by atoms with E-state index in [9.17, 15) is 4.79 Å². The van der Waals surface area contributed by atoms with Crippen molar-refractivity contribution in [2.24, 2.45) is 0 Å². The summed E-state index contributed by atoms with van der Waals surface area (Å²) in [7, 11) is 0. The van der Waals surface area contributed by atoms with Gasteiger partial charge in [-0.3, -0.25) is 4.79 Å². The van der Waals surface area contributed by atoms with Crippen LogP contribution in [0.25, 0.3) is 0 Å². The third-order valence-electron chi connectivity index (χ3n) is 3.49. The predicted molar refractivity (Wildman–Crippen MR) is 99.2 cm³/mol. The number of anilines is 1. The molecule has 7 heteroatoms. The molecule has 1 amide bonds. The monoisotopic (exact) mass is 373 g/mol. The maximum absolute atomic E-state index is 12.7. The van der Waals surface area contributed by atoms with Crippen LogP contribution in [0.3, 0.4) is 0 Å². The second kappa shape index (κ2) is 7.72. The molecule has 2 heterocycles. The van der Waals surface area contributed by atoms with Crippen molar-refractivity contribution in [1.82, 2.24) is 10.1 Å². The molecule has 0 aliphatic rings. The van der Waals surface area contributed by atoms with E-state index < -0.39 is 0 Å². The lowest BCUT2D eigenvalue weighted by Gasteiger charge is -2.11. The average Bonchev–Trinajstić information content (AvgIpc) is 3.01. The fourth-order valence-electron chi connectivity index (χ4n) is 2.26. The number of thioether (sulfide) groups is 1. The van der Waals surface area contributed by atoms with Crippen LogP contribution >= 0.6 is 23.4 Å². The van der Waals surface area contributed by atoms with Gasteiger partial charge in [0.25, 0.3) is 5.91 Å². The molecule has 0 unspecified atom stereocenters. The Morgan fingerprint density at radius 3 is 2.84 bits per heavy atom. The van der Waals surface area contributed by atoms with Crippen LogP contribution in [0.1, 0.15) is 27.4 Å². The molecule has 0 atom stereocenters. The molecule has 0 aliphatic carbocycles. The van der Waals surface area contributed by atoms with E-state index in [-0.39, 0.29) is 5.91 Å². The summed E-state index contributed by atoms with van der Waals surface area (Å²) in [5, 5.41) is 8.15. The molecule has 0 saturated heterocycles. The van der Waals surface area contributed by atoms with E-state index in [1.165, 1.54) is 11.8 Å². The van der Waals surface area contributed by atoms with Crippen molar-refractivity contribution >= 4 is 35.0 Å². The first-order valence-corrected chi connectivity index (χ1v) is 8.97. The van der Waals surface area contributed by atoms with Crippen LogP contribution in [-0.4, -0.2) is 16.0 Å². The molecule has 2 aromatic heterocycles. The molecule has 25 heavy (non-hydrogen) atoms. The van der Waals surface area contributed by atoms with Gasteiger partial charge in [-0.2, -0.15) is 0 Å². The van der Waals surface area contributed by atoms with Gasteiger partial charge in [-0.05, 0) is 49.7 Å². The van der Waals surface area contributed by atoms with E-state index in [1.807, 2.05) is 26.0 Å². The van der Waals surface area contributed by atoms with Crippen LogP contribution in [-0.2, 0) is 5.75 Å². The normalized spacial score (nSPS) is 10.7. The number of rotatable bonds is 5. The lowest BCUT2D eigenvalue weighted by Crippen LogP contribution is -2.14. The number of nitrogens with zero attached hydrogens (tertiary/aromatic N) is 2. The number of aryl methyl sites for hydroxylation is 2. The SMILES string of the molecule is Cc1cc(CSc2ncccc2C(=O)Nc2ccc(Cl)cc2C)no1. The van der Waals surface area contributed by atoms with E-state index in [0.717, 1.165) is 22.7 Å². The molecule has 3 aromatic rings. The summed E-state index contributed by atoms with van der Waals surface area (Å²) < 4.78 is 5.06. The quantitative estimate of drug-likeness (QED) is 0.645. The smallest absolute Gasteiger partial charge is 0.258 e. The van der Waals surface area contributed by atoms with E-state index in [4.69, 9.17) is 16.1 Å². The zero-order chi connectivity index (χ0) is 17.8. The number of hydrogen-bond donors (Lipinski definition) is 1. The summed E-state index contributed by atoms with van der Waals surface area (Å²) in [6.45, 7) is 3.74. The first kappa shape index (κ1) is 17.5. The average molecular weight is 374 g/mol. The molecular formula is C18H16ClN3O2S. The highest BCUT2D eigenvalue weighted by atomic mass is 35.5. The minimum atomic E-state index is -0.211. The Hall–Kier alpha value is -2.31. The Balaban J connectivity index is 1.76. The molecule has 3 rings (SSSR count). The van der Waals surface area contributed by atoms with Crippen LogP contribution in [0.2, 0.25) is 5.02 Å². The van der Waals surface area contributed by atoms with Crippen LogP contribution < -0.4 is 5.32 Å². The third-order valence-corrected chi connectivity index (χ3v) is 4.76. The summed E-state index contributed by atoms with van der Waals surface area (Å²) in [4.78, 5) is 17.0. The number of hydrogen-bond acceptors (Lipinski definition) is 5. The van der Waals surface area contributed by atoms with Gasteiger partial charge in [0.1, 0.15) is 10.8 Å². The van der Waals surface area contributed by atoms with Gasteiger partial charge in [0.2, 0.25) is 0 Å². The summed E-state index contributed by atoms with van der Waals surface area (Å²) >= 11 is 7.40. The number of nitrogens with one attached hydrogen (secondary N) is 1. The van der Waals surface area contributed by atoms with Crippen molar-refractivity contribution in [1.29, 1.82) is 0 Å². The van der Waals surface area contributed by atoms with Gasteiger partial charge in [-0.25, -0.2) is 4.98 Å². The molecule has 128 valence electrons. The van der Waals surface area contributed by atoms with Crippen molar-refractivity contribution in [2.75, 3.05) is 5.32 Å². The molecule has 0 radical (unpaired) electrons. The third kappa shape index (κ3) is 4.41. The number of halogens is 1. The highest BCUT2D eigenvalue weighted by Crippen LogP contribution is 2.26. The highest BCUT2D eigenvalue weighted by molar-refractivity contribution is 7.98. The first-order valence-electron chi connectivity index (χ1n) is 7.60. The highest BCUT2D eigenvalue weighted by Gasteiger charge is 2.15. The fourth-order valence-corrected chi connectivity index (χ4v) is 3.36. The summed E-state index contributed by atoms with van der Waals surface area (Å²) in [6.07, 6.45) is 1.67. The van der Waals surface area contributed by atoms with Crippen molar-refractivity contribution in [3.8, 4) is 0 Å². The first-order chi connectivity index (χ1) is 12.0. The van der Waals surface area contributed by atoms with Crippen molar-refractivity contribution in [3.63, 3.8) is 0 Å². The maximum atomic E-state index is 12.7. The van der Waals surface area contributed by atoms with Gasteiger partial charge in [0, 0.05) is 28.7 Å². The topological polar surface area (TPSA) is 68.0 Å². The Kier molecular flexibility index (Phi) is 5.40. The van der Waals surface area contributed by atoms with Crippen LogP contribution in [0, 0.1) is 13.8 Å². The van der Waals surface area contributed by atoms with Crippen LogP contribution in [0.5, 0.6) is 0 Å². The van der Waals surface area contributed by atoms with Gasteiger partial charge >= 0.3 is 0 Å². The van der Waals surface area contributed by atoms with E-state index in [0.29, 0.717) is 21.4 Å². The van der Waals surface area contributed by atoms with E-state index in [2.05, 4.69) is 15.5 Å². The number of amides is 1. The zero-order valence-electron chi connectivity index (χ0n) is 13.7. The Morgan fingerprint density at radius 1 is 1.28 bits per heavy atom. The second-order valence-corrected chi connectivity index (χ2v) is 6.89. The lowest BCUT2D eigenvalue weighted by atomic mass is 10.2. The number of pyridine rings is 1. The molecule has 0 bridgehead atoms. The Morgan fingerprint density at radius 2 is 2.12 bits per heavy atom. The minimum absolute atomic E-state index is 0.211. The zero-order valence-corrected chi connectivity index (χ0v) is 15.3. The maximum Gasteiger partial charge on any atom is 0.258 e. The van der Waals surface area contributed by atoms with Crippen LogP contribution in [0.4, 0.5) is 5.69 Å². The van der Waals surface area contributed by atoms with E-state index in [1.54, 1.807) is 30.5 Å². The molecule has 0 aliphatic heterocycles. The van der Waals surface area contributed by atoms with Gasteiger partial charge in [0.05, 0.1) is 11.3 Å². The minimum Gasteiger partial charge on any atom is -0.361 e. The Bertz CT molecular complexity index is 911.